The van der Waals surface area contributed by atoms with E-state index in [9.17, 15) is 9.18 Å². The van der Waals surface area contributed by atoms with Gasteiger partial charge in [0.15, 0.2) is 0 Å². The first-order valence-electron chi connectivity index (χ1n) is 6.28. The Hall–Kier alpha value is -1.75. The van der Waals surface area contributed by atoms with Crippen molar-refractivity contribution in [1.29, 1.82) is 0 Å². The second-order valence-electron chi connectivity index (χ2n) is 4.35. The van der Waals surface area contributed by atoms with Gasteiger partial charge in [0, 0.05) is 22.3 Å². The maximum absolute atomic E-state index is 13.0. The van der Waals surface area contributed by atoms with Gasteiger partial charge in [0.05, 0.1) is 6.04 Å². The lowest BCUT2D eigenvalue weighted by Crippen LogP contribution is -2.28. The number of hydrogen-bond acceptors (Lipinski definition) is 2. The molecule has 1 unspecified atom stereocenters. The van der Waals surface area contributed by atoms with Gasteiger partial charge < -0.3 is 5.32 Å². The van der Waals surface area contributed by atoms with Crippen LogP contribution < -0.4 is 5.32 Å². The minimum atomic E-state index is -0.658. The molecule has 0 spiro atoms. The van der Waals surface area contributed by atoms with Crippen LogP contribution >= 0.6 is 15.9 Å². The Bertz CT molecular complexity index is 601. The molecule has 1 aromatic heterocycles. The summed E-state index contributed by atoms with van der Waals surface area (Å²) in [5, 5.41) is 2.90. The van der Waals surface area contributed by atoms with E-state index in [0.717, 1.165) is 22.5 Å². The van der Waals surface area contributed by atoms with Crippen LogP contribution in [0.15, 0.2) is 47.1 Å². The fourth-order valence-corrected chi connectivity index (χ4v) is 2.17. The topological polar surface area (TPSA) is 42.0 Å². The maximum Gasteiger partial charge on any atom is 0.251 e. The lowest BCUT2D eigenvalue weighted by atomic mass is 10.0. The average molecular weight is 337 g/mol. The zero-order valence-electron chi connectivity index (χ0n) is 10.9. The normalized spacial score (nSPS) is 11.9. The molecule has 1 aromatic carbocycles. The van der Waals surface area contributed by atoms with Gasteiger partial charge in [-0.1, -0.05) is 35.0 Å². The first-order chi connectivity index (χ1) is 9.60. The number of benzene rings is 1. The van der Waals surface area contributed by atoms with E-state index in [-0.39, 0.29) is 17.5 Å². The second-order valence-corrected chi connectivity index (χ2v) is 5.27. The Morgan fingerprint density at radius 1 is 1.35 bits per heavy atom. The molecule has 20 heavy (non-hydrogen) atoms. The fourth-order valence-electron chi connectivity index (χ4n) is 1.90. The molecule has 1 heterocycles. The molecule has 1 atom stereocenters. The Morgan fingerprint density at radius 2 is 2.05 bits per heavy atom. The Morgan fingerprint density at radius 3 is 2.65 bits per heavy atom. The summed E-state index contributed by atoms with van der Waals surface area (Å²) < 4.78 is 14.0. The molecular formula is C15H14BrFN2O. The van der Waals surface area contributed by atoms with Crippen LogP contribution in [0.3, 0.4) is 0 Å². The smallest absolute Gasteiger partial charge is 0.251 e. The van der Waals surface area contributed by atoms with Crippen molar-refractivity contribution in [2.45, 2.75) is 19.4 Å². The molecule has 1 N–H and O–H groups in total. The van der Waals surface area contributed by atoms with Gasteiger partial charge in [-0.05, 0) is 30.2 Å². The lowest BCUT2D eigenvalue weighted by Gasteiger charge is -2.17. The van der Waals surface area contributed by atoms with Crippen molar-refractivity contribution >= 4 is 21.8 Å². The predicted molar refractivity (Wildman–Crippen MR) is 78.8 cm³/mol. The van der Waals surface area contributed by atoms with Crippen molar-refractivity contribution in [3.8, 4) is 0 Å². The van der Waals surface area contributed by atoms with E-state index in [0.29, 0.717) is 0 Å². The van der Waals surface area contributed by atoms with E-state index < -0.39 is 5.95 Å². The highest BCUT2D eigenvalue weighted by Gasteiger charge is 2.14. The quantitative estimate of drug-likeness (QED) is 0.861. The van der Waals surface area contributed by atoms with E-state index in [4.69, 9.17) is 0 Å². The van der Waals surface area contributed by atoms with Gasteiger partial charge in [-0.3, -0.25) is 4.79 Å². The van der Waals surface area contributed by atoms with E-state index in [1.54, 1.807) is 0 Å². The molecule has 5 heteroatoms. The van der Waals surface area contributed by atoms with Gasteiger partial charge in [0.2, 0.25) is 5.95 Å². The van der Waals surface area contributed by atoms with E-state index >= 15 is 0 Å². The second kappa shape index (κ2) is 6.61. The Labute approximate surface area is 125 Å². The fraction of sp³-hybridized carbons (Fsp3) is 0.200. The summed E-state index contributed by atoms with van der Waals surface area (Å²) in [4.78, 5) is 15.5. The predicted octanol–water partition coefficient (Wildman–Crippen LogP) is 3.86. The third-order valence-electron chi connectivity index (χ3n) is 2.97. The number of halogens is 2. The summed E-state index contributed by atoms with van der Waals surface area (Å²) in [5.41, 5.74) is 1.28. The standard InChI is InChI=1S/C15H14BrFN2O/c1-2-13(10-3-5-12(16)6-4-10)19-15(20)11-7-8-18-14(17)9-11/h3-9,13H,2H2,1H3,(H,19,20). The zero-order valence-corrected chi connectivity index (χ0v) is 12.5. The molecular weight excluding hydrogens is 323 g/mol. The van der Waals surface area contributed by atoms with Crippen LogP contribution in [0.25, 0.3) is 0 Å². The minimum absolute atomic E-state index is 0.105. The summed E-state index contributed by atoms with van der Waals surface area (Å²) in [7, 11) is 0. The summed E-state index contributed by atoms with van der Waals surface area (Å²) in [5.74, 6) is -0.963. The molecule has 0 bridgehead atoms. The molecule has 0 saturated heterocycles. The summed E-state index contributed by atoms with van der Waals surface area (Å²) in [6.07, 6.45) is 2.03. The number of aromatic nitrogens is 1. The highest BCUT2D eigenvalue weighted by atomic mass is 79.9. The van der Waals surface area contributed by atoms with Crippen molar-refractivity contribution in [2.75, 3.05) is 0 Å². The average Bonchev–Trinajstić information content (AvgIpc) is 2.45. The van der Waals surface area contributed by atoms with Crippen molar-refractivity contribution in [2.24, 2.45) is 0 Å². The number of nitrogens with one attached hydrogen (secondary N) is 1. The summed E-state index contributed by atoms with van der Waals surface area (Å²) in [6.45, 7) is 1.99. The molecule has 0 radical (unpaired) electrons. The third kappa shape index (κ3) is 3.63. The van der Waals surface area contributed by atoms with Gasteiger partial charge in [0.25, 0.3) is 5.91 Å². The number of rotatable bonds is 4. The van der Waals surface area contributed by atoms with Crippen LogP contribution in [0.2, 0.25) is 0 Å². The van der Waals surface area contributed by atoms with Gasteiger partial charge >= 0.3 is 0 Å². The Balaban J connectivity index is 2.14. The van der Waals surface area contributed by atoms with Crippen molar-refractivity contribution in [3.63, 3.8) is 0 Å². The largest absolute Gasteiger partial charge is 0.345 e. The zero-order chi connectivity index (χ0) is 14.5. The number of hydrogen-bond donors (Lipinski definition) is 1. The first-order valence-corrected chi connectivity index (χ1v) is 7.07. The highest BCUT2D eigenvalue weighted by molar-refractivity contribution is 9.10. The van der Waals surface area contributed by atoms with Crippen molar-refractivity contribution in [3.05, 3.63) is 64.1 Å². The van der Waals surface area contributed by atoms with Crippen LogP contribution in [0.5, 0.6) is 0 Å². The highest BCUT2D eigenvalue weighted by Crippen LogP contribution is 2.20. The molecule has 1 amide bonds. The maximum atomic E-state index is 13.0. The molecule has 0 aliphatic heterocycles. The van der Waals surface area contributed by atoms with Crippen molar-refractivity contribution in [1.82, 2.24) is 10.3 Å². The first kappa shape index (κ1) is 14.7. The number of pyridine rings is 1. The lowest BCUT2D eigenvalue weighted by molar-refractivity contribution is 0.0935. The minimum Gasteiger partial charge on any atom is -0.345 e. The van der Waals surface area contributed by atoms with E-state index in [2.05, 4.69) is 26.2 Å². The van der Waals surface area contributed by atoms with E-state index in [1.165, 1.54) is 12.3 Å². The SMILES string of the molecule is CCC(NC(=O)c1ccnc(F)c1)c1ccc(Br)cc1. The molecule has 104 valence electrons. The molecule has 0 aliphatic carbocycles. The van der Waals surface area contributed by atoms with Crippen LogP contribution in [0.1, 0.15) is 35.3 Å². The summed E-state index contributed by atoms with van der Waals surface area (Å²) >= 11 is 3.38. The van der Waals surface area contributed by atoms with Crippen LogP contribution in [0, 0.1) is 5.95 Å². The number of amides is 1. The van der Waals surface area contributed by atoms with Crippen LogP contribution in [0.4, 0.5) is 4.39 Å². The van der Waals surface area contributed by atoms with Crippen molar-refractivity contribution < 1.29 is 9.18 Å². The van der Waals surface area contributed by atoms with Crippen LogP contribution in [-0.4, -0.2) is 10.9 Å². The van der Waals surface area contributed by atoms with E-state index in [1.807, 2.05) is 31.2 Å². The number of carbonyl (C=O) groups is 1. The molecule has 3 nitrogen and oxygen atoms in total. The number of carbonyl (C=O) groups excluding carboxylic acids is 1. The molecule has 0 fully saturated rings. The molecule has 0 saturated carbocycles. The van der Waals surface area contributed by atoms with Gasteiger partial charge in [-0.15, -0.1) is 0 Å². The van der Waals surface area contributed by atoms with Gasteiger partial charge in [-0.25, -0.2) is 4.98 Å². The third-order valence-corrected chi connectivity index (χ3v) is 3.50. The molecule has 2 rings (SSSR count). The number of nitrogens with zero attached hydrogens (tertiary/aromatic N) is 1. The van der Waals surface area contributed by atoms with Crippen LogP contribution in [-0.2, 0) is 0 Å². The summed E-state index contributed by atoms with van der Waals surface area (Å²) in [6, 6.07) is 10.3. The van der Waals surface area contributed by atoms with Gasteiger partial charge in [0.1, 0.15) is 0 Å². The molecule has 2 aromatic rings. The monoisotopic (exact) mass is 336 g/mol. The van der Waals surface area contributed by atoms with Gasteiger partial charge in [-0.2, -0.15) is 4.39 Å². The Kier molecular flexibility index (Phi) is 4.84. The molecule has 0 aliphatic rings.